The van der Waals surface area contributed by atoms with Gasteiger partial charge < -0.3 is 5.32 Å². The first-order valence-electron chi connectivity index (χ1n) is 4.86. The molecule has 1 aliphatic rings. The van der Waals surface area contributed by atoms with Crippen molar-refractivity contribution < 1.29 is 0 Å². The van der Waals surface area contributed by atoms with Gasteiger partial charge in [0, 0.05) is 25.7 Å². The van der Waals surface area contributed by atoms with E-state index in [4.69, 9.17) is 0 Å². The van der Waals surface area contributed by atoms with Crippen molar-refractivity contribution in [3.8, 4) is 0 Å². The van der Waals surface area contributed by atoms with E-state index in [-0.39, 0.29) is 0 Å². The first-order valence-corrected chi connectivity index (χ1v) is 5.80. The van der Waals surface area contributed by atoms with Crippen LogP contribution in [0.2, 0.25) is 0 Å². The molecule has 2 rings (SSSR count). The molecule has 2 heterocycles. The van der Waals surface area contributed by atoms with E-state index < -0.39 is 0 Å². The Labute approximate surface area is 83.6 Å². The summed E-state index contributed by atoms with van der Waals surface area (Å²) in [5, 5.41) is 7.72. The normalized spacial score (nSPS) is 17.7. The number of hydrogen-bond donors (Lipinski definition) is 1. The molecule has 0 radical (unpaired) electrons. The number of thiophene rings is 1. The van der Waals surface area contributed by atoms with Gasteiger partial charge in [0.05, 0.1) is 0 Å². The smallest absolute Gasteiger partial charge is 0.0348 e. The molecule has 0 aliphatic carbocycles. The zero-order valence-corrected chi connectivity index (χ0v) is 8.81. The van der Waals surface area contributed by atoms with Gasteiger partial charge in [0.15, 0.2) is 0 Å². The van der Waals surface area contributed by atoms with E-state index >= 15 is 0 Å². The van der Waals surface area contributed by atoms with Crippen LogP contribution in [0.1, 0.15) is 12.5 Å². The quantitative estimate of drug-likeness (QED) is 0.786. The van der Waals surface area contributed by atoms with Gasteiger partial charge in [-0.25, -0.2) is 0 Å². The Bertz CT molecular complexity index is 241. The first-order chi connectivity index (χ1) is 6.40. The monoisotopic (exact) mass is 196 g/mol. The fraction of sp³-hybridized carbons (Fsp3) is 0.600. The van der Waals surface area contributed by atoms with Crippen molar-refractivity contribution in [2.24, 2.45) is 0 Å². The van der Waals surface area contributed by atoms with E-state index in [2.05, 4.69) is 34.0 Å². The predicted octanol–water partition coefficient (Wildman–Crippen LogP) is 1.54. The lowest BCUT2D eigenvalue weighted by molar-refractivity contribution is 0.145. The largest absolute Gasteiger partial charge is 0.314 e. The molecule has 1 aliphatic heterocycles. The zero-order valence-electron chi connectivity index (χ0n) is 7.99. The van der Waals surface area contributed by atoms with Crippen LogP contribution in [0.3, 0.4) is 0 Å². The molecular formula is C10H16N2S. The maximum atomic E-state index is 3.32. The van der Waals surface area contributed by atoms with Crippen molar-refractivity contribution in [2.45, 2.75) is 19.5 Å². The van der Waals surface area contributed by atoms with Gasteiger partial charge in [-0.3, -0.25) is 4.90 Å². The number of nitrogens with zero attached hydrogens (tertiary/aromatic N) is 1. The third-order valence-corrected chi connectivity index (χ3v) is 3.38. The van der Waals surface area contributed by atoms with Crippen LogP contribution in [0, 0.1) is 0 Å². The van der Waals surface area contributed by atoms with Crippen LogP contribution in [0.5, 0.6) is 0 Å². The minimum atomic E-state index is 0.768. The van der Waals surface area contributed by atoms with Gasteiger partial charge in [0.1, 0.15) is 0 Å². The van der Waals surface area contributed by atoms with Crippen LogP contribution < -0.4 is 5.32 Å². The van der Waals surface area contributed by atoms with Crippen LogP contribution in [-0.4, -0.2) is 30.6 Å². The summed E-state index contributed by atoms with van der Waals surface area (Å²) in [5.74, 6) is 0. The molecule has 0 unspecified atom stereocenters. The highest BCUT2D eigenvalue weighted by Crippen LogP contribution is 2.13. The topological polar surface area (TPSA) is 15.3 Å². The van der Waals surface area contributed by atoms with Gasteiger partial charge in [-0.15, -0.1) is 0 Å². The Balaban J connectivity index is 1.90. The first kappa shape index (κ1) is 9.19. The van der Waals surface area contributed by atoms with Crippen LogP contribution in [0.25, 0.3) is 0 Å². The fourth-order valence-corrected chi connectivity index (χ4v) is 2.31. The molecule has 13 heavy (non-hydrogen) atoms. The molecule has 1 aromatic rings. The molecule has 1 fully saturated rings. The summed E-state index contributed by atoms with van der Waals surface area (Å²) in [6.07, 6.45) is 0. The molecule has 0 atom stereocenters. The molecule has 1 N–H and O–H groups in total. The zero-order chi connectivity index (χ0) is 9.10. The Morgan fingerprint density at radius 2 is 2.46 bits per heavy atom. The average Bonchev–Trinajstić information content (AvgIpc) is 2.52. The molecule has 72 valence electrons. The summed E-state index contributed by atoms with van der Waals surface area (Å²) in [4.78, 5) is 2.54. The number of nitrogens with one attached hydrogen (secondary N) is 1. The minimum absolute atomic E-state index is 0.768. The van der Waals surface area contributed by atoms with Gasteiger partial charge in [0.25, 0.3) is 0 Å². The van der Waals surface area contributed by atoms with Crippen molar-refractivity contribution in [1.82, 2.24) is 10.2 Å². The highest BCUT2D eigenvalue weighted by molar-refractivity contribution is 7.07. The molecule has 0 saturated carbocycles. The highest BCUT2D eigenvalue weighted by atomic mass is 32.1. The highest BCUT2D eigenvalue weighted by Gasteiger charge is 2.22. The maximum Gasteiger partial charge on any atom is 0.0348 e. The molecule has 0 spiro atoms. The molecule has 2 nitrogen and oxygen atoms in total. The number of likely N-dealkylation sites (N-methyl/N-ethyl adjacent to an activating group) is 1. The van der Waals surface area contributed by atoms with Crippen LogP contribution in [0.15, 0.2) is 16.8 Å². The minimum Gasteiger partial charge on any atom is -0.314 e. The summed E-state index contributed by atoms with van der Waals surface area (Å²) in [5.41, 5.74) is 1.46. The van der Waals surface area contributed by atoms with Gasteiger partial charge >= 0.3 is 0 Å². The lowest BCUT2D eigenvalue weighted by atomic mass is 10.1. The number of hydrogen-bond acceptors (Lipinski definition) is 3. The second-order valence-corrected chi connectivity index (χ2v) is 4.29. The molecule has 3 heteroatoms. The van der Waals surface area contributed by atoms with Crippen molar-refractivity contribution >= 4 is 11.3 Å². The lowest BCUT2D eigenvalue weighted by Crippen LogP contribution is -2.56. The van der Waals surface area contributed by atoms with E-state index in [1.54, 1.807) is 11.3 Å². The van der Waals surface area contributed by atoms with E-state index in [1.165, 1.54) is 5.56 Å². The Morgan fingerprint density at radius 3 is 2.92 bits per heavy atom. The number of rotatable bonds is 4. The van der Waals surface area contributed by atoms with Crippen LogP contribution in [-0.2, 0) is 6.54 Å². The molecule has 0 aromatic carbocycles. The molecule has 0 amide bonds. The lowest BCUT2D eigenvalue weighted by Gasteiger charge is -2.37. The van der Waals surface area contributed by atoms with E-state index in [9.17, 15) is 0 Å². The fourth-order valence-electron chi connectivity index (χ4n) is 1.65. The molecule has 1 saturated heterocycles. The second-order valence-electron chi connectivity index (χ2n) is 3.51. The second kappa shape index (κ2) is 4.22. The van der Waals surface area contributed by atoms with Crippen molar-refractivity contribution in [3.63, 3.8) is 0 Å². The third kappa shape index (κ3) is 2.10. The standard InChI is InChI=1S/C10H16N2S/c1-2-12(10-5-11-6-10)7-9-3-4-13-8-9/h3-4,8,10-11H,2,5-7H2,1H3. The summed E-state index contributed by atoms with van der Waals surface area (Å²) in [6, 6.07) is 2.99. The van der Waals surface area contributed by atoms with Crippen molar-refractivity contribution in [2.75, 3.05) is 19.6 Å². The van der Waals surface area contributed by atoms with E-state index in [0.29, 0.717) is 0 Å². The summed E-state index contributed by atoms with van der Waals surface area (Å²) in [7, 11) is 0. The summed E-state index contributed by atoms with van der Waals surface area (Å²) in [6.45, 7) is 6.84. The molecule has 1 aromatic heterocycles. The third-order valence-electron chi connectivity index (χ3n) is 2.65. The van der Waals surface area contributed by atoms with Crippen LogP contribution in [0.4, 0.5) is 0 Å². The van der Waals surface area contributed by atoms with Gasteiger partial charge in [0.2, 0.25) is 0 Å². The summed E-state index contributed by atoms with van der Waals surface area (Å²) < 4.78 is 0. The van der Waals surface area contributed by atoms with Crippen molar-refractivity contribution in [1.29, 1.82) is 0 Å². The SMILES string of the molecule is CCN(Cc1ccsc1)C1CNC1. The van der Waals surface area contributed by atoms with Crippen LogP contribution >= 0.6 is 11.3 Å². The average molecular weight is 196 g/mol. The maximum absolute atomic E-state index is 3.32. The van der Waals surface area contributed by atoms with E-state index in [1.807, 2.05) is 0 Å². The summed E-state index contributed by atoms with van der Waals surface area (Å²) >= 11 is 1.79. The predicted molar refractivity (Wildman–Crippen MR) is 57.1 cm³/mol. The molecule has 0 bridgehead atoms. The van der Waals surface area contributed by atoms with Gasteiger partial charge in [-0.1, -0.05) is 6.92 Å². The van der Waals surface area contributed by atoms with Gasteiger partial charge in [-0.05, 0) is 28.9 Å². The Hall–Kier alpha value is -0.380. The Morgan fingerprint density at radius 1 is 1.62 bits per heavy atom. The molecular weight excluding hydrogens is 180 g/mol. The van der Waals surface area contributed by atoms with Crippen molar-refractivity contribution in [3.05, 3.63) is 22.4 Å². The van der Waals surface area contributed by atoms with E-state index in [0.717, 1.165) is 32.2 Å². The Kier molecular flexibility index (Phi) is 2.98. The van der Waals surface area contributed by atoms with Gasteiger partial charge in [-0.2, -0.15) is 11.3 Å².